The van der Waals surface area contributed by atoms with Crippen LogP contribution in [-0.2, 0) is 14.3 Å². The van der Waals surface area contributed by atoms with Crippen LogP contribution in [0.5, 0.6) is 0 Å². The highest BCUT2D eigenvalue weighted by Gasteiger charge is 2.15. The highest BCUT2D eigenvalue weighted by Crippen LogP contribution is 2.11. The molecule has 0 spiro atoms. The van der Waals surface area contributed by atoms with Gasteiger partial charge in [0.15, 0.2) is 5.96 Å². The van der Waals surface area contributed by atoms with Crippen molar-refractivity contribution < 1.29 is 14.3 Å². The van der Waals surface area contributed by atoms with Crippen molar-refractivity contribution in [3.05, 3.63) is 0 Å². The summed E-state index contributed by atoms with van der Waals surface area (Å²) in [5.41, 5.74) is 0. The van der Waals surface area contributed by atoms with Crippen molar-refractivity contribution in [3.8, 4) is 0 Å². The summed E-state index contributed by atoms with van der Waals surface area (Å²) < 4.78 is 4.64. The summed E-state index contributed by atoms with van der Waals surface area (Å²) in [6.45, 7) is 6.18. The molecule has 0 atom stereocenters. The lowest BCUT2D eigenvalue weighted by atomic mass is 10.1. The van der Waals surface area contributed by atoms with Gasteiger partial charge < -0.3 is 20.3 Å². The van der Waals surface area contributed by atoms with Crippen LogP contribution in [0.1, 0.15) is 71.1 Å². The Bertz CT molecular complexity index is 455. The van der Waals surface area contributed by atoms with Gasteiger partial charge in [-0.3, -0.25) is 14.6 Å². The van der Waals surface area contributed by atoms with E-state index in [2.05, 4.69) is 27.3 Å². The maximum absolute atomic E-state index is 12.0. The third-order valence-corrected chi connectivity index (χ3v) is 4.70. The van der Waals surface area contributed by atoms with Crippen LogP contribution in [0.4, 0.5) is 0 Å². The molecule has 1 aliphatic heterocycles. The van der Waals surface area contributed by atoms with Crippen molar-refractivity contribution in [2.24, 2.45) is 4.99 Å². The number of nitrogens with zero attached hydrogens (tertiary/aromatic N) is 2. The number of carbonyl (C=O) groups excluding carboxylic acids is 2. The lowest BCUT2D eigenvalue weighted by Crippen LogP contribution is -2.38. The predicted molar refractivity (Wildman–Crippen MR) is 109 cm³/mol. The third-order valence-electron chi connectivity index (χ3n) is 4.70. The van der Waals surface area contributed by atoms with E-state index in [4.69, 9.17) is 0 Å². The van der Waals surface area contributed by atoms with Crippen molar-refractivity contribution in [1.29, 1.82) is 0 Å². The Morgan fingerprint density at radius 1 is 1.11 bits per heavy atom. The average molecular weight is 383 g/mol. The molecule has 156 valence electrons. The Morgan fingerprint density at radius 2 is 1.93 bits per heavy atom. The van der Waals surface area contributed by atoms with E-state index >= 15 is 0 Å². The smallest absolute Gasteiger partial charge is 0.305 e. The molecule has 2 N–H and O–H groups in total. The quantitative estimate of drug-likeness (QED) is 0.234. The third kappa shape index (κ3) is 11.5. The highest BCUT2D eigenvalue weighted by molar-refractivity contribution is 5.79. The molecule has 27 heavy (non-hydrogen) atoms. The van der Waals surface area contributed by atoms with E-state index in [1.165, 1.54) is 7.11 Å². The number of likely N-dealkylation sites (tertiary alicyclic amines) is 1. The van der Waals surface area contributed by atoms with Gasteiger partial charge in [-0.15, -0.1) is 0 Å². The molecule has 0 bridgehead atoms. The molecule has 1 rings (SSSR count). The lowest BCUT2D eigenvalue weighted by Gasteiger charge is -2.20. The zero-order valence-electron chi connectivity index (χ0n) is 17.2. The van der Waals surface area contributed by atoms with Crippen LogP contribution in [0.3, 0.4) is 0 Å². The van der Waals surface area contributed by atoms with Crippen LogP contribution in [0.2, 0.25) is 0 Å². The first kappa shape index (κ1) is 23.2. The number of esters is 1. The second-order valence-electron chi connectivity index (χ2n) is 6.97. The molecule has 0 aliphatic carbocycles. The topological polar surface area (TPSA) is 83.0 Å². The van der Waals surface area contributed by atoms with Crippen LogP contribution < -0.4 is 10.6 Å². The van der Waals surface area contributed by atoms with Gasteiger partial charge >= 0.3 is 5.97 Å². The van der Waals surface area contributed by atoms with E-state index < -0.39 is 0 Å². The zero-order chi connectivity index (χ0) is 19.7. The zero-order valence-corrected chi connectivity index (χ0v) is 17.2. The minimum absolute atomic E-state index is 0.128. The van der Waals surface area contributed by atoms with E-state index in [9.17, 15) is 9.59 Å². The summed E-state index contributed by atoms with van der Waals surface area (Å²) in [6.07, 6.45) is 9.48. The molecule has 0 aromatic rings. The van der Waals surface area contributed by atoms with Crippen molar-refractivity contribution in [3.63, 3.8) is 0 Å². The number of ether oxygens (including phenoxy) is 1. The number of carbonyl (C=O) groups is 2. The molecule has 1 amide bonds. The van der Waals surface area contributed by atoms with E-state index in [-0.39, 0.29) is 5.97 Å². The molecule has 7 heteroatoms. The number of rotatable bonds is 12. The number of aliphatic imine (C=N–C) groups is 1. The summed E-state index contributed by atoms with van der Waals surface area (Å²) in [7, 11) is 1.43. The molecular weight excluding hydrogens is 344 g/mol. The van der Waals surface area contributed by atoms with Crippen molar-refractivity contribution in [2.45, 2.75) is 71.1 Å². The number of methoxy groups -OCH3 is 1. The minimum atomic E-state index is -0.128. The molecule has 0 saturated carbocycles. The van der Waals surface area contributed by atoms with Gasteiger partial charge in [0.1, 0.15) is 0 Å². The van der Waals surface area contributed by atoms with Gasteiger partial charge in [0.05, 0.1) is 7.11 Å². The van der Waals surface area contributed by atoms with Gasteiger partial charge in [-0.05, 0) is 39.0 Å². The normalized spacial score (nSPS) is 15.4. The minimum Gasteiger partial charge on any atom is -0.469 e. The summed E-state index contributed by atoms with van der Waals surface area (Å²) in [6, 6.07) is 0. The number of nitrogens with one attached hydrogen (secondary N) is 2. The average Bonchev–Trinajstić information content (AvgIpc) is 2.88. The van der Waals surface area contributed by atoms with Gasteiger partial charge in [-0.25, -0.2) is 0 Å². The van der Waals surface area contributed by atoms with Crippen LogP contribution in [-0.4, -0.2) is 62.6 Å². The molecule has 0 aromatic heterocycles. The number of hydrogen-bond acceptors (Lipinski definition) is 4. The molecule has 0 aromatic carbocycles. The second kappa shape index (κ2) is 15.3. The molecule has 7 nitrogen and oxygen atoms in total. The fraction of sp³-hybridized carbons (Fsp3) is 0.850. The summed E-state index contributed by atoms with van der Waals surface area (Å²) >= 11 is 0. The number of amides is 1. The SMILES string of the molecule is CCNC(=NCCCN1CCCCCC1=O)NCCCCCCC(=O)OC. The van der Waals surface area contributed by atoms with E-state index in [1.54, 1.807) is 0 Å². The van der Waals surface area contributed by atoms with Gasteiger partial charge in [-0.2, -0.15) is 0 Å². The molecule has 1 aliphatic rings. The highest BCUT2D eigenvalue weighted by atomic mass is 16.5. The van der Waals surface area contributed by atoms with Crippen LogP contribution in [0.25, 0.3) is 0 Å². The van der Waals surface area contributed by atoms with Gasteiger partial charge in [0, 0.05) is 45.6 Å². The Labute approximate surface area is 164 Å². The van der Waals surface area contributed by atoms with Gasteiger partial charge in [-0.1, -0.05) is 19.3 Å². The van der Waals surface area contributed by atoms with Crippen LogP contribution >= 0.6 is 0 Å². The number of hydrogen-bond donors (Lipinski definition) is 2. The van der Waals surface area contributed by atoms with E-state index in [1.807, 2.05) is 4.90 Å². The maximum atomic E-state index is 12.0. The Hall–Kier alpha value is -1.79. The number of unbranched alkanes of at least 4 members (excludes halogenated alkanes) is 3. The first-order chi connectivity index (χ1) is 13.2. The molecule has 1 heterocycles. The number of guanidine groups is 1. The molecular formula is C20H38N4O3. The van der Waals surface area contributed by atoms with E-state index in [0.29, 0.717) is 18.7 Å². The van der Waals surface area contributed by atoms with Crippen molar-refractivity contribution >= 4 is 17.8 Å². The molecule has 1 saturated heterocycles. The molecule has 0 unspecified atom stereocenters. The maximum Gasteiger partial charge on any atom is 0.305 e. The van der Waals surface area contributed by atoms with Crippen LogP contribution in [0, 0.1) is 0 Å². The Morgan fingerprint density at radius 3 is 2.70 bits per heavy atom. The lowest BCUT2D eigenvalue weighted by molar-refractivity contribution is -0.140. The fourth-order valence-electron chi connectivity index (χ4n) is 3.13. The molecule has 0 radical (unpaired) electrons. The fourth-order valence-corrected chi connectivity index (χ4v) is 3.13. The Balaban J connectivity index is 2.15. The van der Waals surface area contributed by atoms with E-state index in [0.717, 1.165) is 90.0 Å². The first-order valence-electron chi connectivity index (χ1n) is 10.5. The Kier molecular flexibility index (Phi) is 13.2. The molecule has 1 fully saturated rings. The van der Waals surface area contributed by atoms with Crippen molar-refractivity contribution in [1.82, 2.24) is 15.5 Å². The standard InChI is InChI=1S/C20H38N4O3/c1-3-21-20(22-14-9-5-4-8-13-19(26)27-2)23-15-11-17-24-16-10-6-7-12-18(24)25/h3-17H2,1-2H3,(H2,21,22,23). The first-order valence-corrected chi connectivity index (χ1v) is 10.5. The van der Waals surface area contributed by atoms with Gasteiger partial charge in [0.25, 0.3) is 0 Å². The predicted octanol–water partition coefficient (Wildman–Crippen LogP) is 2.46. The summed E-state index contributed by atoms with van der Waals surface area (Å²) in [5.74, 6) is 1.01. The van der Waals surface area contributed by atoms with Crippen molar-refractivity contribution in [2.75, 3.05) is 39.8 Å². The largest absolute Gasteiger partial charge is 0.469 e. The monoisotopic (exact) mass is 382 g/mol. The summed E-state index contributed by atoms with van der Waals surface area (Å²) in [5, 5.41) is 6.62. The van der Waals surface area contributed by atoms with Gasteiger partial charge in [0.2, 0.25) is 5.91 Å². The van der Waals surface area contributed by atoms with Crippen LogP contribution in [0.15, 0.2) is 4.99 Å². The summed E-state index contributed by atoms with van der Waals surface area (Å²) in [4.78, 5) is 29.6. The second-order valence-corrected chi connectivity index (χ2v) is 6.97.